The van der Waals surface area contributed by atoms with Gasteiger partial charge in [0.15, 0.2) is 0 Å². The van der Waals surface area contributed by atoms with Gasteiger partial charge in [-0.25, -0.2) is 0 Å². The third kappa shape index (κ3) is 5.30. The van der Waals surface area contributed by atoms with Gasteiger partial charge in [-0.3, -0.25) is 4.79 Å². The molecule has 1 N–H and O–H groups in total. The van der Waals surface area contributed by atoms with Gasteiger partial charge in [0.05, 0.1) is 0 Å². The molecule has 0 aliphatic carbocycles. The summed E-state index contributed by atoms with van der Waals surface area (Å²) in [5.74, 6) is 1.79. The molecule has 0 aromatic heterocycles. The number of hydrogen-bond acceptors (Lipinski definition) is 2. The highest BCUT2D eigenvalue weighted by Crippen LogP contribution is 2.22. The molecule has 3 heteroatoms. The van der Waals surface area contributed by atoms with E-state index in [1.807, 2.05) is 49.4 Å². The zero-order valence-electron chi connectivity index (χ0n) is 12.3. The zero-order chi connectivity index (χ0) is 14.9. The molecule has 0 fully saturated rings. The first-order valence-corrected chi connectivity index (χ1v) is 7.36. The van der Waals surface area contributed by atoms with Crippen LogP contribution in [0.15, 0.2) is 54.6 Å². The maximum absolute atomic E-state index is 11.1. The van der Waals surface area contributed by atoms with Crippen molar-refractivity contribution in [3.63, 3.8) is 0 Å². The zero-order valence-corrected chi connectivity index (χ0v) is 12.3. The van der Waals surface area contributed by atoms with Crippen molar-refractivity contribution in [3.8, 4) is 11.5 Å². The maximum atomic E-state index is 11.1. The number of amides is 1. The molecular weight excluding hydrogens is 262 g/mol. The van der Waals surface area contributed by atoms with E-state index in [-0.39, 0.29) is 5.91 Å². The van der Waals surface area contributed by atoms with Crippen molar-refractivity contribution in [3.05, 3.63) is 60.2 Å². The third-order valence-electron chi connectivity index (χ3n) is 3.16. The van der Waals surface area contributed by atoms with Crippen molar-refractivity contribution in [2.75, 3.05) is 6.54 Å². The van der Waals surface area contributed by atoms with E-state index in [1.54, 1.807) is 0 Å². The van der Waals surface area contributed by atoms with Crippen LogP contribution < -0.4 is 10.1 Å². The quantitative estimate of drug-likeness (QED) is 0.782. The van der Waals surface area contributed by atoms with Crippen LogP contribution in [0, 0.1) is 0 Å². The molecule has 0 saturated carbocycles. The van der Waals surface area contributed by atoms with Gasteiger partial charge in [0.2, 0.25) is 5.91 Å². The smallest absolute Gasteiger partial charge is 0.219 e. The molecule has 1 amide bonds. The molecule has 21 heavy (non-hydrogen) atoms. The lowest BCUT2D eigenvalue weighted by atomic mass is 10.1. The van der Waals surface area contributed by atoms with Gasteiger partial charge in [-0.15, -0.1) is 0 Å². The molecular formula is C18H21NO2. The molecule has 0 radical (unpaired) electrons. The molecule has 0 heterocycles. The van der Waals surface area contributed by atoms with Gasteiger partial charge in [-0.2, -0.15) is 0 Å². The van der Waals surface area contributed by atoms with Crippen LogP contribution in [0.1, 0.15) is 25.3 Å². The number of aryl methyl sites for hydroxylation is 1. The van der Waals surface area contributed by atoms with Crippen molar-refractivity contribution in [2.45, 2.75) is 26.2 Å². The monoisotopic (exact) mass is 283 g/mol. The predicted molar refractivity (Wildman–Crippen MR) is 84.6 cm³/mol. The first kappa shape index (κ1) is 15.1. The van der Waals surface area contributed by atoms with Gasteiger partial charge in [-0.05, 0) is 42.7 Å². The summed E-state index contributed by atoms with van der Waals surface area (Å²) in [5, 5.41) is 2.89. The van der Waals surface area contributed by atoms with Gasteiger partial charge in [0, 0.05) is 13.0 Å². The van der Waals surface area contributed by atoms with E-state index in [4.69, 9.17) is 4.74 Å². The van der Waals surface area contributed by atoms with Crippen LogP contribution in [-0.2, 0) is 11.2 Å². The van der Waals surface area contributed by atoms with E-state index in [9.17, 15) is 4.79 Å². The molecule has 2 rings (SSSR count). The second-order valence-electron chi connectivity index (χ2n) is 4.87. The van der Waals surface area contributed by atoms with E-state index in [1.165, 1.54) is 5.56 Å². The van der Waals surface area contributed by atoms with Gasteiger partial charge < -0.3 is 10.1 Å². The number of para-hydroxylation sites is 1. The molecule has 0 unspecified atom stereocenters. The summed E-state index contributed by atoms with van der Waals surface area (Å²) in [6, 6.07) is 17.8. The van der Waals surface area contributed by atoms with Crippen LogP contribution in [0.5, 0.6) is 11.5 Å². The highest BCUT2D eigenvalue weighted by atomic mass is 16.5. The molecule has 0 spiro atoms. The van der Waals surface area contributed by atoms with Gasteiger partial charge in [-0.1, -0.05) is 37.3 Å². The van der Waals surface area contributed by atoms with Crippen molar-refractivity contribution in [1.29, 1.82) is 0 Å². The summed E-state index contributed by atoms with van der Waals surface area (Å²) in [5.41, 5.74) is 1.22. The highest BCUT2D eigenvalue weighted by molar-refractivity contribution is 5.75. The van der Waals surface area contributed by atoms with Crippen molar-refractivity contribution in [1.82, 2.24) is 5.32 Å². The molecule has 0 aliphatic heterocycles. The van der Waals surface area contributed by atoms with Crippen LogP contribution in [0.25, 0.3) is 0 Å². The van der Waals surface area contributed by atoms with E-state index >= 15 is 0 Å². The normalized spacial score (nSPS) is 10.1. The first-order chi connectivity index (χ1) is 10.3. The van der Waals surface area contributed by atoms with Gasteiger partial charge in [0.25, 0.3) is 0 Å². The fraction of sp³-hybridized carbons (Fsp3) is 0.278. The molecule has 2 aromatic rings. The number of ether oxygens (including phenoxy) is 1. The summed E-state index contributed by atoms with van der Waals surface area (Å²) < 4.78 is 5.81. The number of nitrogens with one attached hydrogen (secondary N) is 1. The Bertz CT molecular complexity index is 566. The lowest BCUT2D eigenvalue weighted by Crippen LogP contribution is -2.23. The number of carbonyl (C=O) groups is 1. The number of benzene rings is 2. The molecule has 110 valence electrons. The summed E-state index contributed by atoms with van der Waals surface area (Å²) >= 11 is 0. The average molecular weight is 283 g/mol. The Labute approximate surface area is 126 Å². The summed E-state index contributed by atoms with van der Waals surface area (Å²) in [6.45, 7) is 2.58. The largest absolute Gasteiger partial charge is 0.457 e. The van der Waals surface area contributed by atoms with Crippen LogP contribution in [0.4, 0.5) is 0 Å². The Morgan fingerprint density at radius 2 is 1.81 bits per heavy atom. The topological polar surface area (TPSA) is 38.3 Å². The Morgan fingerprint density at radius 3 is 2.57 bits per heavy atom. The molecule has 0 atom stereocenters. The number of hydrogen-bond donors (Lipinski definition) is 1. The third-order valence-corrected chi connectivity index (χ3v) is 3.16. The van der Waals surface area contributed by atoms with E-state index in [0.717, 1.165) is 30.9 Å². The van der Waals surface area contributed by atoms with E-state index < -0.39 is 0 Å². The van der Waals surface area contributed by atoms with E-state index in [0.29, 0.717) is 6.42 Å². The fourth-order valence-corrected chi connectivity index (χ4v) is 2.03. The summed E-state index contributed by atoms with van der Waals surface area (Å²) in [6.07, 6.45) is 2.40. The first-order valence-electron chi connectivity index (χ1n) is 7.36. The van der Waals surface area contributed by atoms with Crippen LogP contribution in [0.2, 0.25) is 0 Å². The standard InChI is InChI=1S/C18H21NO2/c1-2-18(20)19-13-7-9-15-8-6-12-17(14-15)21-16-10-4-3-5-11-16/h3-6,8,10-12,14H,2,7,9,13H2,1H3,(H,19,20). The fourth-order valence-electron chi connectivity index (χ4n) is 2.03. The minimum absolute atomic E-state index is 0.108. The van der Waals surface area contributed by atoms with Crippen LogP contribution >= 0.6 is 0 Å². The molecule has 0 saturated heterocycles. The van der Waals surface area contributed by atoms with Crippen LogP contribution in [-0.4, -0.2) is 12.5 Å². The average Bonchev–Trinajstić information content (AvgIpc) is 2.52. The minimum Gasteiger partial charge on any atom is -0.457 e. The minimum atomic E-state index is 0.108. The lowest BCUT2D eigenvalue weighted by Gasteiger charge is -2.08. The SMILES string of the molecule is CCC(=O)NCCCc1cccc(Oc2ccccc2)c1. The molecule has 2 aromatic carbocycles. The maximum Gasteiger partial charge on any atom is 0.219 e. The summed E-state index contributed by atoms with van der Waals surface area (Å²) in [4.78, 5) is 11.1. The highest BCUT2D eigenvalue weighted by Gasteiger charge is 2.00. The van der Waals surface area contributed by atoms with Crippen molar-refractivity contribution >= 4 is 5.91 Å². The van der Waals surface area contributed by atoms with E-state index in [2.05, 4.69) is 17.4 Å². The second kappa shape index (κ2) is 8.10. The molecule has 0 bridgehead atoms. The van der Waals surface area contributed by atoms with Crippen molar-refractivity contribution < 1.29 is 9.53 Å². The lowest BCUT2D eigenvalue weighted by molar-refractivity contribution is -0.120. The van der Waals surface area contributed by atoms with Crippen molar-refractivity contribution in [2.24, 2.45) is 0 Å². The predicted octanol–water partition coefficient (Wildman–Crippen LogP) is 3.94. The Balaban J connectivity index is 1.85. The Kier molecular flexibility index (Phi) is 5.83. The van der Waals surface area contributed by atoms with Gasteiger partial charge >= 0.3 is 0 Å². The Morgan fingerprint density at radius 1 is 1.05 bits per heavy atom. The Hall–Kier alpha value is -2.29. The number of rotatable bonds is 7. The molecule has 0 aliphatic rings. The van der Waals surface area contributed by atoms with Crippen LogP contribution in [0.3, 0.4) is 0 Å². The second-order valence-corrected chi connectivity index (χ2v) is 4.87. The van der Waals surface area contributed by atoms with Gasteiger partial charge in [0.1, 0.15) is 11.5 Å². The number of carbonyl (C=O) groups excluding carboxylic acids is 1. The molecule has 3 nitrogen and oxygen atoms in total. The summed E-state index contributed by atoms with van der Waals surface area (Å²) in [7, 11) is 0.